The minimum absolute atomic E-state index is 0.0710. The van der Waals surface area contributed by atoms with Gasteiger partial charge in [-0.2, -0.15) is 0 Å². The van der Waals surface area contributed by atoms with E-state index in [9.17, 15) is 9.59 Å². The monoisotopic (exact) mass is 330 g/mol. The number of esters is 1. The van der Waals surface area contributed by atoms with E-state index < -0.39 is 0 Å². The third-order valence-corrected chi connectivity index (χ3v) is 4.52. The van der Waals surface area contributed by atoms with Gasteiger partial charge in [0.2, 0.25) is 5.91 Å². The van der Waals surface area contributed by atoms with Gasteiger partial charge in [-0.15, -0.1) is 0 Å². The number of amides is 1. The zero-order valence-corrected chi connectivity index (χ0v) is 14.2. The second-order valence-corrected chi connectivity index (χ2v) is 5.98. The van der Waals surface area contributed by atoms with E-state index in [1.54, 1.807) is 14.0 Å². The van der Waals surface area contributed by atoms with Crippen LogP contribution in [0.4, 0.5) is 0 Å². The standard InChI is InChI=1S/C18H22N2O4/c1-4-24-18(22)17-15-11(9-19-10(2)21)5-6-12-14(23-3)8-7-13(20-17)16(12)15/h7-8,11,20H,4-6,9H2,1-3H3,(H,19,21)/t11-/m0/s1. The fraction of sp³-hybridized carbons (Fsp3) is 0.444. The molecule has 0 aliphatic heterocycles. The van der Waals surface area contributed by atoms with Crippen LogP contribution >= 0.6 is 0 Å². The number of carbonyl (C=O) groups is 2. The molecule has 1 aromatic carbocycles. The van der Waals surface area contributed by atoms with E-state index >= 15 is 0 Å². The fourth-order valence-corrected chi connectivity index (χ4v) is 3.51. The normalized spacial score (nSPS) is 16.0. The lowest BCUT2D eigenvalue weighted by Crippen LogP contribution is -2.28. The molecular formula is C18H22N2O4. The van der Waals surface area contributed by atoms with E-state index in [1.165, 1.54) is 6.92 Å². The smallest absolute Gasteiger partial charge is 0.355 e. The Morgan fingerprint density at radius 1 is 1.38 bits per heavy atom. The molecule has 0 spiro atoms. The predicted molar refractivity (Wildman–Crippen MR) is 90.6 cm³/mol. The first-order valence-corrected chi connectivity index (χ1v) is 8.19. The van der Waals surface area contributed by atoms with Gasteiger partial charge in [0.25, 0.3) is 0 Å². The summed E-state index contributed by atoms with van der Waals surface area (Å²) in [4.78, 5) is 26.9. The molecule has 2 aromatic rings. The number of rotatable bonds is 5. The Kier molecular flexibility index (Phi) is 4.46. The van der Waals surface area contributed by atoms with Crippen LogP contribution in [0.1, 0.15) is 47.8 Å². The van der Waals surface area contributed by atoms with Crippen molar-refractivity contribution in [2.24, 2.45) is 0 Å². The number of aromatic amines is 1. The third-order valence-electron chi connectivity index (χ3n) is 4.52. The van der Waals surface area contributed by atoms with Crippen molar-refractivity contribution in [1.29, 1.82) is 0 Å². The van der Waals surface area contributed by atoms with Crippen molar-refractivity contribution in [2.75, 3.05) is 20.3 Å². The molecule has 1 amide bonds. The Morgan fingerprint density at radius 3 is 2.83 bits per heavy atom. The van der Waals surface area contributed by atoms with Crippen LogP contribution in [0, 0.1) is 0 Å². The van der Waals surface area contributed by atoms with Gasteiger partial charge in [0.1, 0.15) is 11.4 Å². The average Bonchev–Trinajstić information content (AvgIpc) is 2.96. The number of nitrogens with one attached hydrogen (secondary N) is 2. The molecule has 24 heavy (non-hydrogen) atoms. The van der Waals surface area contributed by atoms with Crippen LogP contribution in [-0.4, -0.2) is 37.1 Å². The van der Waals surface area contributed by atoms with E-state index in [1.807, 2.05) is 12.1 Å². The Labute approximate surface area is 140 Å². The number of ether oxygens (including phenoxy) is 2. The van der Waals surface area contributed by atoms with Crippen LogP contribution in [0.15, 0.2) is 12.1 Å². The van der Waals surface area contributed by atoms with Gasteiger partial charge in [-0.3, -0.25) is 4.79 Å². The van der Waals surface area contributed by atoms with Crippen molar-refractivity contribution >= 4 is 22.8 Å². The molecule has 1 heterocycles. The van der Waals surface area contributed by atoms with E-state index in [0.717, 1.165) is 40.6 Å². The van der Waals surface area contributed by atoms with E-state index in [-0.39, 0.29) is 17.8 Å². The van der Waals surface area contributed by atoms with Crippen LogP contribution in [0.25, 0.3) is 10.9 Å². The highest BCUT2D eigenvalue weighted by Gasteiger charge is 2.31. The summed E-state index contributed by atoms with van der Waals surface area (Å²) < 4.78 is 10.7. The number of carbonyl (C=O) groups excluding carboxylic acids is 2. The number of aromatic nitrogens is 1. The number of hydrogen-bond donors (Lipinski definition) is 2. The summed E-state index contributed by atoms with van der Waals surface area (Å²) in [7, 11) is 1.65. The van der Waals surface area contributed by atoms with Crippen molar-refractivity contribution in [3.05, 3.63) is 29.0 Å². The molecule has 0 radical (unpaired) electrons. The molecule has 0 saturated heterocycles. The van der Waals surface area contributed by atoms with Gasteiger partial charge in [-0.25, -0.2) is 4.79 Å². The summed E-state index contributed by atoms with van der Waals surface area (Å²) >= 11 is 0. The molecule has 6 nitrogen and oxygen atoms in total. The van der Waals surface area contributed by atoms with Crippen LogP contribution in [0.2, 0.25) is 0 Å². The lowest BCUT2D eigenvalue weighted by atomic mass is 9.82. The van der Waals surface area contributed by atoms with E-state index in [0.29, 0.717) is 18.8 Å². The molecule has 0 unspecified atom stereocenters. The number of benzene rings is 1. The molecule has 1 aliphatic rings. The first-order valence-electron chi connectivity index (χ1n) is 8.19. The van der Waals surface area contributed by atoms with Crippen LogP contribution < -0.4 is 10.1 Å². The minimum Gasteiger partial charge on any atom is -0.496 e. The molecule has 0 fully saturated rings. The topological polar surface area (TPSA) is 80.4 Å². The van der Waals surface area contributed by atoms with Gasteiger partial charge in [0.05, 0.1) is 13.7 Å². The highest BCUT2D eigenvalue weighted by atomic mass is 16.5. The zero-order valence-electron chi connectivity index (χ0n) is 14.2. The fourth-order valence-electron chi connectivity index (χ4n) is 3.51. The van der Waals surface area contributed by atoms with Crippen molar-refractivity contribution in [3.8, 4) is 5.75 Å². The summed E-state index contributed by atoms with van der Waals surface area (Å²) in [6, 6.07) is 3.84. The summed E-state index contributed by atoms with van der Waals surface area (Å²) in [5, 5.41) is 3.90. The number of hydrogen-bond acceptors (Lipinski definition) is 4. The lowest BCUT2D eigenvalue weighted by molar-refractivity contribution is -0.119. The molecule has 0 bridgehead atoms. The first kappa shape index (κ1) is 16.4. The van der Waals surface area contributed by atoms with Crippen molar-refractivity contribution in [1.82, 2.24) is 10.3 Å². The average molecular weight is 330 g/mol. The van der Waals surface area contributed by atoms with Crippen LogP contribution in [0.3, 0.4) is 0 Å². The SMILES string of the molecule is CCOC(=O)c1[nH]c2ccc(OC)c3c2c1[C@H](CNC(C)=O)CC3. The predicted octanol–water partition coefficient (Wildman–Crippen LogP) is 2.52. The molecule has 128 valence electrons. The molecule has 3 rings (SSSR count). The van der Waals surface area contributed by atoms with Gasteiger partial charge in [0.15, 0.2) is 0 Å². The second-order valence-electron chi connectivity index (χ2n) is 5.98. The zero-order chi connectivity index (χ0) is 17.3. The van der Waals surface area contributed by atoms with Gasteiger partial charge >= 0.3 is 5.97 Å². The molecule has 2 N–H and O–H groups in total. The Bertz CT molecular complexity index is 794. The maximum Gasteiger partial charge on any atom is 0.355 e. The Morgan fingerprint density at radius 2 is 2.17 bits per heavy atom. The molecule has 1 aliphatic carbocycles. The van der Waals surface area contributed by atoms with Crippen molar-refractivity contribution in [2.45, 2.75) is 32.6 Å². The van der Waals surface area contributed by atoms with E-state index in [2.05, 4.69) is 10.3 Å². The number of aryl methyl sites for hydroxylation is 1. The number of methoxy groups -OCH3 is 1. The summed E-state index contributed by atoms with van der Waals surface area (Å²) in [5.74, 6) is 0.469. The van der Waals surface area contributed by atoms with Crippen molar-refractivity contribution in [3.63, 3.8) is 0 Å². The minimum atomic E-state index is -0.358. The highest BCUT2D eigenvalue weighted by Crippen LogP contribution is 2.42. The van der Waals surface area contributed by atoms with Gasteiger partial charge in [-0.05, 0) is 37.5 Å². The molecule has 1 aromatic heterocycles. The highest BCUT2D eigenvalue weighted by molar-refractivity contribution is 6.01. The Balaban J connectivity index is 2.15. The van der Waals surface area contributed by atoms with Crippen LogP contribution in [-0.2, 0) is 16.0 Å². The number of H-pyrrole nitrogens is 1. The van der Waals surface area contributed by atoms with Crippen LogP contribution in [0.5, 0.6) is 5.75 Å². The largest absolute Gasteiger partial charge is 0.496 e. The molecular weight excluding hydrogens is 308 g/mol. The third kappa shape index (κ3) is 2.72. The molecule has 1 atom stereocenters. The molecule has 6 heteroatoms. The maximum atomic E-state index is 12.4. The summed E-state index contributed by atoms with van der Waals surface area (Å²) in [6.07, 6.45) is 1.69. The van der Waals surface area contributed by atoms with Crippen molar-refractivity contribution < 1.29 is 19.1 Å². The first-order chi connectivity index (χ1) is 11.6. The molecule has 0 saturated carbocycles. The second kappa shape index (κ2) is 6.55. The van der Waals surface area contributed by atoms with Gasteiger partial charge in [0, 0.05) is 35.9 Å². The summed E-state index contributed by atoms with van der Waals surface area (Å²) in [6.45, 7) is 4.11. The lowest BCUT2D eigenvalue weighted by Gasteiger charge is -2.25. The maximum absolute atomic E-state index is 12.4. The van der Waals surface area contributed by atoms with Gasteiger partial charge in [-0.1, -0.05) is 0 Å². The Hall–Kier alpha value is -2.50. The summed E-state index contributed by atoms with van der Waals surface area (Å²) in [5.41, 5.74) is 3.42. The van der Waals surface area contributed by atoms with E-state index in [4.69, 9.17) is 9.47 Å². The quantitative estimate of drug-likeness (QED) is 0.826. The van der Waals surface area contributed by atoms with Gasteiger partial charge < -0.3 is 19.8 Å².